The van der Waals surface area contributed by atoms with Gasteiger partial charge in [-0.1, -0.05) is 241 Å². The van der Waals surface area contributed by atoms with Crippen LogP contribution in [-0.4, -0.2) is 37.2 Å². The Labute approximate surface area is 361 Å². The van der Waals surface area contributed by atoms with Gasteiger partial charge >= 0.3 is 17.9 Å². The monoisotopic (exact) mass is 821 g/mol. The van der Waals surface area contributed by atoms with Crippen LogP contribution in [0.2, 0.25) is 0 Å². The summed E-state index contributed by atoms with van der Waals surface area (Å²) in [6.07, 6.45) is 42.2. The molecule has 0 aromatic rings. The van der Waals surface area contributed by atoms with Crippen molar-refractivity contribution in [1.82, 2.24) is 0 Å². The van der Waals surface area contributed by atoms with Crippen molar-refractivity contribution in [3.05, 3.63) is 0 Å². The van der Waals surface area contributed by atoms with Crippen molar-refractivity contribution in [3.63, 3.8) is 0 Å². The molecule has 0 saturated carbocycles. The summed E-state index contributed by atoms with van der Waals surface area (Å²) in [7, 11) is 0. The molecule has 0 aromatic carbocycles. The smallest absolute Gasteiger partial charge is 0.306 e. The minimum Gasteiger partial charge on any atom is -0.462 e. The minimum absolute atomic E-state index is 0.0651. The fourth-order valence-corrected chi connectivity index (χ4v) is 7.73. The van der Waals surface area contributed by atoms with Crippen LogP contribution >= 0.6 is 0 Å². The fourth-order valence-electron chi connectivity index (χ4n) is 7.73. The van der Waals surface area contributed by atoms with Gasteiger partial charge in [0, 0.05) is 19.3 Å². The summed E-state index contributed by atoms with van der Waals surface area (Å²) in [6, 6.07) is 0. The highest BCUT2D eigenvalue weighted by Gasteiger charge is 2.19. The maximum absolute atomic E-state index is 12.8. The maximum Gasteiger partial charge on any atom is 0.306 e. The summed E-state index contributed by atoms with van der Waals surface area (Å²) >= 11 is 0. The minimum atomic E-state index is -0.763. The number of unbranched alkanes of at least 4 members (excludes halogenated alkanes) is 27. The molecular weight excluding hydrogens is 721 g/mol. The first kappa shape index (κ1) is 56.4. The van der Waals surface area contributed by atoms with Crippen LogP contribution in [0.1, 0.15) is 279 Å². The van der Waals surface area contributed by atoms with Crippen LogP contribution < -0.4 is 0 Å². The predicted octanol–water partition coefficient (Wildman–Crippen LogP) is 16.4. The maximum atomic E-state index is 12.8. The number of carbonyl (C=O) groups excluding carboxylic acids is 3. The molecule has 6 heteroatoms. The molecule has 0 aliphatic heterocycles. The SMILES string of the molecule is CCC(C)CCCCCCCCCCCCC(=O)O[C@H](COC(=O)CCCCCCCCCCCCCC(C)C)COC(=O)CCCCCCCCCCCC(C)C. The van der Waals surface area contributed by atoms with Gasteiger partial charge in [-0.2, -0.15) is 0 Å². The summed E-state index contributed by atoms with van der Waals surface area (Å²) in [5.41, 5.74) is 0. The quantitative estimate of drug-likeness (QED) is 0.0346. The van der Waals surface area contributed by atoms with E-state index in [1.54, 1.807) is 0 Å². The van der Waals surface area contributed by atoms with Crippen molar-refractivity contribution in [1.29, 1.82) is 0 Å². The normalized spacial score (nSPS) is 12.6. The third-order valence-corrected chi connectivity index (χ3v) is 12.0. The van der Waals surface area contributed by atoms with Crippen LogP contribution in [0.15, 0.2) is 0 Å². The average Bonchev–Trinajstić information content (AvgIpc) is 3.19. The molecule has 0 aliphatic carbocycles. The van der Waals surface area contributed by atoms with Gasteiger partial charge in [0.2, 0.25) is 0 Å². The van der Waals surface area contributed by atoms with E-state index in [4.69, 9.17) is 14.2 Å². The zero-order valence-corrected chi connectivity index (χ0v) is 39.8. The number of hydrogen-bond acceptors (Lipinski definition) is 6. The summed E-state index contributed by atoms with van der Waals surface area (Å²) in [4.78, 5) is 37.9. The average molecular weight is 821 g/mol. The van der Waals surface area contributed by atoms with Crippen LogP contribution in [0.5, 0.6) is 0 Å². The first-order valence-electron chi connectivity index (χ1n) is 25.6. The molecule has 0 fully saturated rings. The van der Waals surface area contributed by atoms with E-state index in [2.05, 4.69) is 41.5 Å². The van der Waals surface area contributed by atoms with Crippen molar-refractivity contribution < 1.29 is 28.6 Å². The molecule has 0 heterocycles. The van der Waals surface area contributed by atoms with Gasteiger partial charge in [-0.15, -0.1) is 0 Å². The molecule has 1 unspecified atom stereocenters. The molecule has 0 aromatic heterocycles. The molecule has 0 rings (SSSR count). The first-order chi connectivity index (χ1) is 28.1. The zero-order chi connectivity index (χ0) is 42.7. The van der Waals surface area contributed by atoms with E-state index in [0.29, 0.717) is 19.3 Å². The van der Waals surface area contributed by atoms with Gasteiger partial charge in [0.25, 0.3) is 0 Å². The zero-order valence-electron chi connectivity index (χ0n) is 39.8. The number of carbonyl (C=O) groups is 3. The predicted molar refractivity (Wildman–Crippen MR) is 247 cm³/mol. The van der Waals surface area contributed by atoms with E-state index in [1.807, 2.05) is 0 Å². The van der Waals surface area contributed by atoms with Crippen LogP contribution in [0, 0.1) is 17.8 Å². The molecule has 6 nitrogen and oxygen atoms in total. The van der Waals surface area contributed by atoms with Crippen LogP contribution in [-0.2, 0) is 28.6 Å². The fraction of sp³-hybridized carbons (Fsp3) is 0.942. The van der Waals surface area contributed by atoms with Gasteiger partial charge in [-0.25, -0.2) is 0 Å². The molecule has 0 spiro atoms. The molecule has 0 amide bonds. The topological polar surface area (TPSA) is 78.9 Å². The second-order valence-electron chi connectivity index (χ2n) is 19.0. The lowest BCUT2D eigenvalue weighted by Crippen LogP contribution is -2.30. The lowest BCUT2D eigenvalue weighted by atomic mass is 9.99. The molecule has 344 valence electrons. The second kappa shape index (κ2) is 43.5. The number of rotatable bonds is 45. The van der Waals surface area contributed by atoms with E-state index in [1.165, 1.54) is 161 Å². The van der Waals surface area contributed by atoms with Crippen molar-refractivity contribution in [3.8, 4) is 0 Å². The van der Waals surface area contributed by atoms with Gasteiger partial charge in [0.1, 0.15) is 13.2 Å². The van der Waals surface area contributed by atoms with E-state index >= 15 is 0 Å². The van der Waals surface area contributed by atoms with Gasteiger partial charge in [-0.3, -0.25) is 14.4 Å². The number of ether oxygens (including phenoxy) is 3. The molecule has 2 atom stereocenters. The lowest BCUT2D eigenvalue weighted by Gasteiger charge is -2.18. The molecular formula is C52H100O6. The van der Waals surface area contributed by atoms with Crippen molar-refractivity contribution in [2.24, 2.45) is 17.8 Å². The summed E-state index contributed by atoms with van der Waals surface area (Å²) in [6.45, 7) is 13.7. The molecule has 0 radical (unpaired) electrons. The Kier molecular flexibility index (Phi) is 42.3. The Balaban J connectivity index is 4.34. The second-order valence-corrected chi connectivity index (χ2v) is 19.0. The van der Waals surface area contributed by atoms with Gasteiger partial charge in [0.05, 0.1) is 0 Å². The highest BCUT2D eigenvalue weighted by molar-refractivity contribution is 5.71. The Morgan fingerprint density at radius 3 is 0.897 bits per heavy atom. The number of esters is 3. The summed E-state index contributed by atoms with van der Waals surface area (Å²) in [5.74, 6) is 1.65. The van der Waals surface area contributed by atoms with Gasteiger partial charge in [-0.05, 0) is 37.0 Å². The third-order valence-electron chi connectivity index (χ3n) is 12.0. The van der Waals surface area contributed by atoms with E-state index in [9.17, 15) is 14.4 Å². The molecule has 0 aliphatic rings. The molecule has 58 heavy (non-hydrogen) atoms. The Morgan fingerprint density at radius 2 is 0.603 bits per heavy atom. The summed E-state index contributed by atoms with van der Waals surface area (Å²) in [5, 5.41) is 0. The molecule has 0 bridgehead atoms. The standard InChI is InChI=1S/C52H100O6/c1-7-48(6)40-34-28-22-16-11-12-18-25-31-37-43-52(55)58-49(45-57-51(54)42-36-30-24-19-13-15-21-27-33-39-47(4)5)44-56-50(53)41-35-29-23-17-10-8-9-14-20-26-32-38-46(2)3/h46-49H,7-45H2,1-6H3/t48?,49-/m1/s1. The van der Waals surface area contributed by atoms with E-state index in [0.717, 1.165) is 75.5 Å². The van der Waals surface area contributed by atoms with E-state index < -0.39 is 6.10 Å². The number of hydrogen-bond donors (Lipinski definition) is 0. The highest BCUT2D eigenvalue weighted by Crippen LogP contribution is 2.18. The van der Waals surface area contributed by atoms with Gasteiger partial charge < -0.3 is 14.2 Å². The Hall–Kier alpha value is -1.59. The first-order valence-corrected chi connectivity index (χ1v) is 25.6. The highest BCUT2D eigenvalue weighted by atomic mass is 16.6. The van der Waals surface area contributed by atoms with E-state index in [-0.39, 0.29) is 31.1 Å². The van der Waals surface area contributed by atoms with Crippen LogP contribution in [0.3, 0.4) is 0 Å². The van der Waals surface area contributed by atoms with Crippen molar-refractivity contribution >= 4 is 17.9 Å². The third kappa shape index (κ3) is 44.0. The summed E-state index contributed by atoms with van der Waals surface area (Å²) < 4.78 is 16.8. The Bertz CT molecular complexity index is 900. The van der Waals surface area contributed by atoms with Crippen LogP contribution in [0.25, 0.3) is 0 Å². The van der Waals surface area contributed by atoms with Gasteiger partial charge in [0.15, 0.2) is 6.10 Å². The van der Waals surface area contributed by atoms with Crippen molar-refractivity contribution in [2.75, 3.05) is 13.2 Å². The van der Waals surface area contributed by atoms with Crippen LogP contribution in [0.4, 0.5) is 0 Å². The van der Waals surface area contributed by atoms with Crippen molar-refractivity contribution in [2.45, 2.75) is 285 Å². The molecule has 0 saturated heterocycles. The molecule has 0 N–H and O–H groups in total. The largest absolute Gasteiger partial charge is 0.462 e. The lowest BCUT2D eigenvalue weighted by molar-refractivity contribution is -0.167. The Morgan fingerprint density at radius 1 is 0.345 bits per heavy atom.